The SMILES string of the molecule is CCOC(=O)N1CCN(C(=O)C[C@@H](c2cccc(F)c2)c2cn(C)c3ccccc23)CC1. The molecule has 0 spiro atoms. The van der Waals surface area contributed by atoms with Crippen LogP contribution >= 0.6 is 0 Å². The van der Waals surface area contributed by atoms with Crippen molar-refractivity contribution in [1.29, 1.82) is 0 Å². The Morgan fingerprint density at radius 3 is 2.47 bits per heavy atom. The van der Waals surface area contributed by atoms with E-state index < -0.39 is 0 Å². The molecular weight excluding hydrogens is 409 g/mol. The Labute approximate surface area is 187 Å². The fourth-order valence-electron chi connectivity index (χ4n) is 4.44. The van der Waals surface area contributed by atoms with E-state index in [4.69, 9.17) is 4.74 Å². The smallest absolute Gasteiger partial charge is 0.409 e. The van der Waals surface area contributed by atoms with Gasteiger partial charge in [0.1, 0.15) is 5.82 Å². The molecule has 3 aromatic rings. The molecule has 1 aromatic heterocycles. The molecule has 168 valence electrons. The van der Waals surface area contributed by atoms with Crippen LogP contribution in [-0.4, -0.2) is 59.2 Å². The van der Waals surface area contributed by atoms with Crippen molar-refractivity contribution in [2.75, 3.05) is 32.8 Å². The van der Waals surface area contributed by atoms with E-state index in [0.29, 0.717) is 32.8 Å². The van der Waals surface area contributed by atoms with Crippen molar-refractivity contribution in [2.45, 2.75) is 19.3 Å². The molecule has 4 rings (SSSR count). The van der Waals surface area contributed by atoms with E-state index in [1.165, 1.54) is 12.1 Å². The summed E-state index contributed by atoms with van der Waals surface area (Å²) >= 11 is 0. The van der Waals surface area contributed by atoms with E-state index in [0.717, 1.165) is 22.0 Å². The normalized spacial score (nSPS) is 15.1. The molecule has 0 unspecified atom stereocenters. The number of aryl methyl sites for hydroxylation is 1. The van der Waals surface area contributed by atoms with Gasteiger partial charge in [0, 0.05) is 62.7 Å². The number of aromatic nitrogens is 1. The van der Waals surface area contributed by atoms with Crippen LogP contribution in [0.15, 0.2) is 54.7 Å². The molecular formula is C25H28FN3O3. The lowest BCUT2D eigenvalue weighted by molar-refractivity contribution is -0.133. The quantitative estimate of drug-likeness (QED) is 0.603. The van der Waals surface area contributed by atoms with Gasteiger partial charge in [-0.25, -0.2) is 9.18 Å². The summed E-state index contributed by atoms with van der Waals surface area (Å²) in [5.41, 5.74) is 2.85. The molecule has 0 bridgehead atoms. The molecule has 2 aromatic carbocycles. The van der Waals surface area contributed by atoms with Crippen LogP contribution < -0.4 is 0 Å². The largest absolute Gasteiger partial charge is 0.450 e. The van der Waals surface area contributed by atoms with Gasteiger partial charge < -0.3 is 19.1 Å². The van der Waals surface area contributed by atoms with Crippen molar-refractivity contribution in [3.05, 3.63) is 71.7 Å². The summed E-state index contributed by atoms with van der Waals surface area (Å²) in [6, 6.07) is 14.5. The number of piperazine rings is 1. The molecule has 1 atom stereocenters. The maximum Gasteiger partial charge on any atom is 0.409 e. The Balaban J connectivity index is 1.58. The van der Waals surface area contributed by atoms with Crippen LogP contribution in [0.2, 0.25) is 0 Å². The van der Waals surface area contributed by atoms with Crippen molar-refractivity contribution >= 4 is 22.9 Å². The molecule has 32 heavy (non-hydrogen) atoms. The lowest BCUT2D eigenvalue weighted by atomic mass is 9.87. The van der Waals surface area contributed by atoms with Gasteiger partial charge in [-0.15, -0.1) is 0 Å². The third kappa shape index (κ3) is 4.47. The molecule has 1 saturated heterocycles. The highest BCUT2D eigenvalue weighted by molar-refractivity contribution is 5.86. The first-order chi connectivity index (χ1) is 15.5. The zero-order valence-corrected chi connectivity index (χ0v) is 18.5. The fraction of sp³-hybridized carbons (Fsp3) is 0.360. The average Bonchev–Trinajstić information content (AvgIpc) is 3.14. The number of nitrogens with zero attached hydrogens (tertiary/aromatic N) is 3. The number of benzene rings is 2. The first-order valence-corrected chi connectivity index (χ1v) is 11.0. The van der Waals surface area contributed by atoms with Crippen molar-refractivity contribution in [3.63, 3.8) is 0 Å². The van der Waals surface area contributed by atoms with Crippen molar-refractivity contribution in [1.82, 2.24) is 14.4 Å². The van der Waals surface area contributed by atoms with E-state index in [-0.39, 0.29) is 30.2 Å². The van der Waals surface area contributed by atoms with Crippen LogP contribution in [0.5, 0.6) is 0 Å². The van der Waals surface area contributed by atoms with Gasteiger partial charge in [0.05, 0.1) is 6.61 Å². The number of para-hydroxylation sites is 1. The average molecular weight is 438 g/mol. The van der Waals surface area contributed by atoms with E-state index in [1.54, 1.807) is 22.8 Å². The van der Waals surface area contributed by atoms with Crippen molar-refractivity contribution < 1.29 is 18.7 Å². The summed E-state index contributed by atoms with van der Waals surface area (Å²) in [6.45, 7) is 3.93. The number of halogens is 1. The molecule has 2 amide bonds. The van der Waals surface area contributed by atoms with Crippen molar-refractivity contribution in [3.8, 4) is 0 Å². The Bertz CT molecular complexity index is 1120. The summed E-state index contributed by atoms with van der Waals surface area (Å²) in [6.07, 6.45) is 1.93. The lowest BCUT2D eigenvalue weighted by Crippen LogP contribution is -2.50. The predicted molar refractivity (Wildman–Crippen MR) is 121 cm³/mol. The van der Waals surface area contributed by atoms with Gasteiger partial charge in [-0.05, 0) is 36.2 Å². The number of rotatable bonds is 5. The van der Waals surface area contributed by atoms with Gasteiger partial charge >= 0.3 is 6.09 Å². The highest BCUT2D eigenvalue weighted by atomic mass is 19.1. The Morgan fingerprint density at radius 2 is 1.75 bits per heavy atom. The molecule has 0 radical (unpaired) electrons. The van der Waals surface area contributed by atoms with E-state index >= 15 is 0 Å². The number of ether oxygens (including phenoxy) is 1. The maximum absolute atomic E-state index is 14.1. The lowest BCUT2D eigenvalue weighted by Gasteiger charge is -2.34. The standard InChI is InChI=1S/C25H28FN3O3/c1-3-32-25(31)29-13-11-28(12-14-29)24(30)16-21(18-7-6-8-19(26)15-18)22-17-27(2)23-10-5-4-9-20(22)23/h4-10,15,17,21H,3,11-14,16H2,1-2H3/t21-/m0/s1. The van der Waals surface area contributed by atoms with Crippen LogP contribution in [0.25, 0.3) is 10.9 Å². The summed E-state index contributed by atoms with van der Waals surface area (Å²) < 4.78 is 21.2. The zero-order chi connectivity index (χ0) is 22.7. The molecule has 0 N–H and O–H groups in total. The monoisotopic (exact) mass is 437 g/mol. The summed E-state index contributed by atoms with van der Waals surface area (Å²) in [7, 11) is 1.98. The van der Waals surface area contributed by atoms with Crippen LogP contribution in [0.3, 0.4) is 0 Å². The molecule has 7 heteroatoms. The van der Waals surface area contributed by atoms with E-state index in [2.05, 4.69) is 0 Å². The van der Waals surface area contributed by atoms with Crippen LogP contribution in [0.4, 0.5) is 9.18 Å². The number of hydrogen-bond donors (Lipinski definition) is 0. The first-order valence-electron chi connectivity index (χ1n) is 11.0. The van der Waals surface area contributed by atoms with Gasteiger partial charge in [0.25, 0.3) is 0 Å². The van der Waals surface area contributed by atoms with Crippen LogP contribution in [-0.2, 0) is 16.6 Å². The Hall–Kier alpha value is -3.35. The summed E-state index contributed by atoms with van der Waals surface area (Å²) in [4.78, 5) is 28.6. The number of fused-ring (bicyclic) bond motifs is 1. The molecule has 1 fully saturated rings. The van der Waals surface area contributed by atoms with Gasteiger partial charge in [-0.2, -0.15) is 0 Å². The third-order valence-electron chi connectivity index (χ3n) is 6.09. The maximum atomic E-state index is 14.1. The molecule has 6 nitrogen and oxygen atoms in total. The van der Waals surface area contributed by atoms with Gasteiger partial charge in [0.2, 0.25) is 5.91 Å². The minimum Gasteiger partial charge on any atom is -0.450 e. The topological polar surface area (TPSA) is 54.8 Å². The predicted octanol–water partition coefficient (Wildman–Crippen LogP) is 4.14. The van der Waals surface area contributed by atoms with Gasteiger partial charge in [0.15, 0.2) is 0 Å². The Kier molecular flexibility index (Phi) is 6.44. The number of carbonyl (C=O) groups is 2. The number of carbonyl (C=O) groups excluding carboxylic acids is 2. The molecule has 0 aliphatic carbocycles. The summed E-state index contributed by atoms with van der Waals surface area (Å²) in [5, 5.41) is 1.06. The van der Waals surface area contributed by atoms with Crippen LogP contribution in [0, 0.1) is 5.82 Å². The van der Waals surface area contributed by atoms with Crippen LogP contribution in [0.1, 0.15) is 30.4 Å². The first kappa shape index (κ1) is 21.9. The molecule has 1 aliphatic rings. The minimum absolute atomic E-state index is 0.00398. The molecule has 1 aliphatic heterocycles. The highest BCUT2D eigenvalue weighted by Gasteiger charge is 2.28. The second-order valence-electron chi connectivity index (χ2n) is 8.09. The molecule has 0 saturated carbocycles. The van der Waals surface area contributed by atoms with Gasteiger partial charge in [-0.3, -0.25) is 4.79 Å². The van der Waals surface area contributed by atoms with E-state index in [9.17, 15) is 14.0 Å². The van der Waals surface area contributed by atoms with E-state index in [1.807, 2.05) is 48.1 Å². The van der Waals surface area contributed by atoms with Crippen molar-refractivity contribution in [2.24, 2.45) is 7.05 Å². The molecule has 2 heterocycles. The van der Waals surface area contributed by atoms with Gasteiger partial charge in [-0.1, -0.05) is 30.3 Å². The third-order valence-corrected chi connectivity index (χ3v) is 6.09. The summed E-state index contributed by atoms with van der Waals surface area (Å²) in [5.74, 6) is -0.591. The number of hydrogen-bond acceptors (Lipinski definition) is 3. The zero-order valence-electron chi connectivity index (χ0n) is 18.5. The second-order valence-corrected chi connectivity index (χ2v) is 8.09. The Morgan fingerprint density at radius 1 is 1.03 bits per heavy atom. The minimum atomic E-state index is -0.340. The highest BCUT2D eigenvalue weighted by Crippen LogP contribution is 2.35. The second kappa shape index (κ2) is 9.42. The fourth-order valence-corrected chi connectivity index (χ4v) is 4.44. The number of amides is 2.